The zero-order valence-electron chi connectivity index (χ0n) is 19.0. The first-order valence-corrected chi connectivity index (χ1v) is 12.3. The highest BCUT2D eigenvalue weighted by molar-refractivity contribution is 7.89. The van der Waals surface area contributed by atoms with Gasteiger partial charge in [-0.25, -0.2) is 18.4 Å². The summed E-state index contributed by atoms with van der Waals surface area (Å²) in [4.78, 5) is 10.8. The van der Waals surface area contributed by atoms with Crippen molar-refractivity contribution < 1.29 is 13.5 Å². The third-order valence-corrected chi connectivity index (χ3v) is 7.70. The fraction of sp³-hybridized carbons (Fsp3) is 0.333. The number of aromatic nitrogens is 2. The molecule has 1 fully saturated rings. The minimum Gasteiger partial charge on any atom is -0.390 e. The van der Waals surface area contributed by atoms with Crippen molar-refractivity contribution in [1.29, 1.82) is 0 Å². The minimum absolute atomic E-state index is 0.0313. The largest absolute Gasteiger partial charge is 0.390 e. The number of hydrogen-bond donors (Lipinski definition) is 2. The molecule has 4 rings (SSSR count). The van der Waals surface area contributed by atoms with Crippen LogP contribution in [0.1, 0.15) is 12.0 Å². The van der Waals surface area contributed by atoms with Crippen LogP contribution in [0.15, 0.2) is 65.8 Å². The van der Waals surface area contributed by atoms with Gasteiger partial charge in [-0.05, 0) is 54.8 Å². The molecular weight excluding hydrogens is 438 g/mol. The number of aliphatic hydroxyl groups excluding tert-OH is 1. The number of aliphatic hydroxyl groups is 1. The number of rotatable bonds is 6. The van der Waals surface area contributed by atoms with Crippen molar-refractivity contribution in [3.05, 3.63) is 66.5 Å². The summed E-state index contributed by atoms with van der Waals surface area (Å²) in [6.45, 7) is 2.31. The lowest BCUT2D eigenvalue weighted by molar-refractivity contribution is 0.0949. The molecule has 0 unspecified atom stereocenters. The third kappa shape index (κ3) is 5.16. The fourth-order valence-corrected chi connectivity index (χ4v) is 5.30. The highest BCUT2D eigenvalue weighted by Gasteiger charge is 2.34. The van der Waals surface area contributed by atoms with Crippen LogP contribution in [0.25, 0.3) is 11.1 Å². The molecule has 174 valence electrons. The van der Waals surface area contributed by atoms with E-state index in [1.165, 1.54) is 4.31 Å². The van der Waals surface area contributed by atoms with E-state index in [9.17, 15) is 13.5 Å². The molecule has 1 aliphatic rings. The Morgan fingerprint density at radius 2 is 1.73 bits per heavy atom. The number of nitrogens with zero attached hydrogens (tertiary/aromatic N) is 4. The van der Waals surface area contributed by atoms with E-state index in [1.807, 2.05) is 50.2 Å². The van der Waals surface area contributed by atoms with Gasteiger partial charge in [-0.3, -0.25) is 0 Å². The standard InChI is InChI=1S/C24H29N5O3S/c1-17-4-10-23(25-14-17)27-21-12-13-29(16-22(21)30)33(31,32)20-8-5-18(6-9-20)19-7-11-24(26-15-19)28(2)3/h4-11,14-15,21-22,30H,12-13,16H2,1-3H3,(H,25,27)/t21-,22+/m1/s1. The van der Waals surface area contributed by atoms with E-state index < -0.39 is 16.1 Å². The van der Waals surface area contributed by atoms with Crippen LogP contribution in [0.5, 0.6) is 0 Å². The Bertz CT molecular complexity index is 1180. The van der Waals surface area contributed by atoms with Gasteiger partial charge < -0.3 is 15.3 Å². The van der Waals surface area contributed by atoms with Gasteiger partial charge in [0.05, 0.1) is 17.0 Å². The maximum atomic E-state index is 13.2. The molecule has 3 aromatic rings. The zero-order chi connectivity index (χ0) is 23.6. The van der Waals surface area contributed by atoms with Crippen molar-refractivity contribution in [3.63, 3.8) is 0 Å². The Morgan fingerprint density at radius 1 is 1.00 bits per heavy atom. The SMILES string of the molecule is Cc1ccc(N[C@@H]2CCN(S(=O)(=O)c3ccc(-c4ccc(N(C)C)nc4)cc3)C[C@@H]2O)nc1. The first-order valence-electron chi connectivity index (χ1n) is 10.9. The second-order valence-corrected chi connectivity index (χ2v) is 10.5. The Hall–Kier alpha value is -3.01. The molecule has 2 atom stereocenters. The van der Waals surface area contributed by atoms with Gasteiger partial charge in [0.1, 0.15) is 11.6 Å². The van der Waals surface area contributed by atoms with Crippen molar-refractivity contribution in [2.24, 2.45) is 0 Å². The second-order valence-electron chi connectivity index (χ2n) is 8.51. The molecule has 0 aliphatic carbocycles. The molecule has 8 nitrogen and oxygen atoms in total. The molecule has 0 bridgehead atoms. The average molecular weight is 468 g/mol. The number of β-amino-alcohol motifs (C(OH)–C–C–N with tert-alkyl or cyclic N) is 1. The molecule has 0 spiro atoms. The molecule has 0 radical (unpaired) electrons. The van der Waals surface area contributed by atoms with Crippen molar-refractivity contribution in [3.8, 4) is 11.1 Å². The Kier molecular flexibility index (Phi) is 6.64. The smallest absolute Gasteiger partial charge is 0.243 e. The van der Waals surface area contributed by atoms with Gasteiger partial charge >= 0.3 is 0 Å². The van der Waals surface area contributed by atoms with Crippen LogP contribution in [0, 0.1) is 6.92 Å². The molecular formula is C24H29N5O3S. The topological polar surface area (TPSA) is 98.7 Å². The first-order chi connectivity index (χ1) is 15.7. The summed E-state index contributed by atoms with van der Waals surface area (Å²) < 4.78 is 27.7. The summed E-state index contributed by atoms with van der Waals surface area (Å²) in [6.07, 6.45) is 3.18. The molecule has 0 saturated carbocycles. The number of anilines is 2. The number of nitrogens with one attached hydrogen (secondary N) is 1. The monoisotopic (exact) mass is 467 g/mol. The average Bonchev–Trinajstić information content (AvgIpc) is 2.82. The maximum Gasteiger partial charge on any atom is 0.243 e. The number of benzene rings is 1. The van der Waals surface area contributed by atoms with Crippen LogP contribution >= 0.6 is 0 Å². The second kappa shape index (κ2) is 9.46. The van der Waals surface area contributed by atoms with Crippen molar-refractivity contribution in [2.75, 3.05) is 37.4 Å². The van der Waals surface area contributed by atoms with Gasteiger partial charge in [0.25, 0.3) is 0 Å². The van der Waals surface area contributed by atoms with Crippen LogP contribution in [0.4, 0.5) is 11.6 Å². The summed E-state index contributed by atoms with van der Waals surface area (Å²) >= 11 is 0. The molecule has 1 aromatic carbocycles. The quantitative estimate of drug-likeness (QED) is 0.575. The summed E-state index contributed by atoms with van der Waals surface area (Å²) in [5.74, 6) is 1.53. The molecule has 33 heavy (non-hydrogen) atoms. The normalized spacial score (nSPS) is 19.3. The van der Waals surface area contributed by atoms with Crippen LogP contribution in [-0.2, 0) is 10.0 Å². The molecule has 3 heterocycles. The molecule has 1 saturated heterocycles. The van der Waals surface area contributed by atoms with E-state index in [4.69, 9.17) is 0 Å². The molecule has 2 N–H and O–H groups in total. The van der Waals surface area contributed by atoms with E-state index >= 15 is 0 Å². The van der Waals surface area contributed by atoms with E-state index in [0.29, 0.717) is 18.8 Å². The van der Waals surface area contributed by atoms with Crippen molar-refractivity contribution in [1.82, 2.24) is 14.3 Å². The van der Waals surface area contributed by atoms with Crippen LogP contribution in [0.2, 0.25) is 0 Å². The van der Waals surface area contributed by atoms with Gasteiger partial charge in [-0.2, -0.15) is 4.31 Å². The lowest BCUT2D eigenvalue weighted by Crippen LogP contribution is -2.51. The minimum atomic E-state index is -3.71. The van der Waals surface area contributed by atoms with Gasteiger partial charge in [-0.1, -0.05) is 18.2 Å². The molecule has 1 aliphatic heterocycles. The van der Waals surface area contributed by atoms with Crippen LogP contribution < -0.4 is 10.2 Å². The fourth-order valence-electron chi connectivity index (χ4n) is 3.82. The number of hydrogen-bond acceptors (Lipinski definition) is 7. The van der Waals surface area contributed by atoms with Crippen LogP contribution in [0.3, 0.4) is 0 Å². The van der Waals surface area contributed by atoms with Crippen LogP contribution in [-0.4, -0.2) is 67.1 Å². The third-order valence-electron chi connectivity index (χ3n) is 5.82. The summed E-state index contributed by atoms with van der Waals surface area (Å²) in [7, 11) is 0.149. The predicted octanol–water partition coefficient (Wildman–Crippen LogP) is 2.75. The summed E-state index contributed by atoms with van der Waals surface area (Å²) in [6, 6.07) is 14.2. The van der Waals surface area contributed by atoms with E-state index in [0.717, 1.165) is 22.5 Å². The van der Waals surface area contributed by atoms with Gasteiger partial charge in [0.2, 0.25) is 10.0 Å². The molecule has 9 heteroatoms. The van der Waals surface area contributed by atoms with Gasteiger partial charge in [0, 0.05) is 45.1 Å². The number of aryl methyl sites for hydroxylation is 1. The van der Waals surface area contributed by atoms with E-state index in [2.05, 4.69) is 15.3 Å². The van der Waals surface area contributed by atoms with E-state index in [-0.39, 0.29) is 17.5 Å². The Balaban J connectivity index is 1.43. The number of piperidine rings is 1. The van der Waals surface area contributed by atoms with E-state index in [1.54, 1.807) is 36.7 Å². The van der Waals surface area contributed by atoms with Gasteiger partial charge in [0.15, 0.2) is 0 Å². The summed E-state index contributed by atoms with van der Waals surface area (Å²) in [5, 5.41) is 13.8. The number of pyridine rings is 2. The highest BCUT2D eigenvalue weighted by atomic mass is 32.2. The van der Waals surface area contributed by atoms with Gasteiger partial charge in [-0.15, -0.1) is 0 Å². The first kappa shape index (κ1) is 23.2. The van der Waals surface area contributed by atoms with Crippen molar-refractivity contribution >= 4 is 21.7 Å². The molecule has 0 amide bonds. The molecule has 2 aromatic heterocycles. The lowest BCUT2D eigenvalue weighted by Gasteiger charge is -2.35. The predicted molar refractivity (Wildman–Crippen MR) is 130 cm³/mol. The Morgan fingerprint density at radius 3 is 2.30 bits per heavy atom. The lowest BCUT2D eigenvalue weighted by atomic mass is 10.0. The Labute approximate surface area is 195 Å². The number of sulfonamides is 1. The zero-order valence-corrected chi connectivity index (χ0v) is 19.8. The van der Waals surface area contributed by atoms with Crippen molar-refractivity contribution in [2.45, 2.75) is 30.4 Å². The maximum absolute atomic E-state index is 13.2. The summed E-state index contributed by atoms with van der Waals surface area (Å²) in [5.41, 5.74) is 2.85. The highest BCUT2D eigenvalue weighted by Crippen LogP contribution is 2.26.